The zero-order valence-corrected chi connectivity index (χ0v) is 22.4. The molecule has 2 saturated carbocycles. The van der Waals surface area contributed by atoms with Crippen molar-refractivity contribution in [1.82, 2.24) is 29.7 Å². The van der Waals surface area contributed by atoms with Crippen molar-refractivity contribution in [1.29, 1.82) is 0 Å². The Labute approximate surface area is 217 Å². The summed E-state index contributed by atoms with van der Waals surface area (Å²) in [5.74, 6) is 3.79. The van der Waals surface area contributed by atoms with Crippen LogP contribution in [0.4, 0.5) is 11.8 Å². The van der Waals surface area contributed by atoms with E-state index in [9.17, 15) is 4.79 Å². The monoisotopic (exact) mass is 508 g/mol. The molecule has 1 saturated heterocycles. The standard InChI is InChI=1S/C27H40N8O2/c1-16-10-12-19(13-11-16)15-35-21-22(28-18(3)20-8-6-9-20)29-24(25-32-27(36)37-33-25)30-23(21)31-26(35)34-14-5-4-7-17(34)2/h16-20H,4-15H2,1-3H3,(H,28,29,30)(H,32,33,36)/t16?,17-,18-,19?/m1/s1. The number of fused-ring (bicyclic) bond motifs is 1. The number of anilines is 2. The van der Waals surface area contributed by atoms with E-state index < -0.39 is 5.76 Å². The van der Waals surface area contributed by atoms with Gasteiger partial charge in [-0.25, -0.2) is 14.8 Å². The topological polar surface area (TPSA) is 118 Å². The van der Waals surface area contributed by atoms with Crippen LogP contribution in [0.25, 0.3) is 22.8 Å². The number of nitrogens with one attached hydrogen (secondary N) is 2. The summed E-state index contributed by atoms with van der Waals surface area (Å²) in [4.78, 5) is 31.6. The van der Waals surface area contributed by atoms with Crippen LogP contribution in [-0.2, 0) is 6.54 Å². The van der Waals surface area contributed by atoms with E-state index in [0.29, 0.717) is 29.3 Å². The summed E-state index contributed by atoms with van der Waals surface area (Å²) in [6, 6.07) is 0.715. The van der Waals surface area contributed by atoms with E-state index in [-0.39, 0.29) is 11.9 Å². The first-order valence-corrected chi connectivity index (χ1v) is 14.3. The highest BCUT2D eigenvalue weighted by molar-refractivity contribution is 5.87. The molecule has 37 heavy (non-hydrogen) atoms. The Bertz CT molecular complexity index is 1280. The van der Waals surface area contributed by atoms with Crippen LogP contribution in [-0.4, -0.2) is 48.3 Å². The van der Waals surface area contributed by atoms with Crippen molar-refractivity contribution in [3.8, 4) is 11.6 Å². The average molecular weight is 509 g/mol. The predicted molar refractivity (Wildman–Crippen MR) is 144 cm³/mol. The van der Waals surface area contributed by atoms with Crippen LogP contribution in [0.2, 0.25) is 0 Å². The minimum Gasteiger partial charge on any atom is -0.365 e. The third-order valence-electron chi connectivity index (χ3n) is 9.09. The lowest BCUT2D eigenvalue weighted by Gasteiger charge is -2.36. The zero-order chi connectivity index (χ0) is 25.5. The number of rotatable bonds is 7. The number of hydrogen-bond donors (Lipinski definition) is 2. The molecule has 0 spiro atoms. The van der Waals surface area contributed by atoms with Gasteiger partial charge < -0.3 is 14.8 Å². The predicted octanol–water partition coefficient (Wildman–Crippen LogP) is 4.98. The van der Waals surface area contributed by atoms with E-state index in [0.717, 1.165) is 36.3 Å². The van der Waals surface area contributed by atoms with Gasteiger partial charge in [0.1, 0.15) is 5.52 Å². The Morgan fingerprint density at radius 3 is 2.51 bits per heavy atom. The van der Waals surface area contributed by atoms with Gasteiger partial charge in [0.2, 0.25) is 17.6 Å². The minimum atomic E-state index is -0.615. The Hall–Kier alpha value is -2.91. The molecule has 2 aliphatic carbocycles. The number of aromatic amines is 1. The summed E-state index contributed by atoms with van der Waals surface area (Å²) < 4.78 is 7.17. The average Bonchev–Trinajstić information content (AvgIpc) is 3.43. The number of aromatic nitrogens is 6. The van der Waals surface area contributed by atoms with Crippen molar-refractivity contribution < 1.29 is 4.52 Å². The lowest BCUT2D eigenvalue weighted by Crippen LogP contribution is -2.39. The van der Waals surface area contributed by atoms with Crippen molar-refractivity contribution in [2.24, 2.45) is 17.8 Å². The highest BCUT2D eigenvalue weighted by atomic mass is 16.5. The maximum atomic E-state index is 11.7. The molecule has 3 aromatic heterocycles. The highest BCUT2D eigenvalue weighted by Crippen LogP contribution is 2.37. The normalized spacial score (nSPS) is 25.8. The largest absolute Gasteiger partial charge is 0.439 e. The van der Waals surface area contributed by atoms with Crippen LogP contribution in [0.15, 0.2) is 9.32 Å². The summed E-state index contributed by atoms with van der Waals surface area (Å²) in [6.07, 6.45) is 12.4. The highest BCUT2D eigenvalue weighted by Gasteiger charge is 2.31. The summed E-state index contributed by atoms with van der Waals surface area (Å²) in [5, 5.41) is 7.60. The van der Waals surface area contributed by atoms with Gasteiger partial charge in [-0.1, -0.05) is 31.3 Å². The number of H-pyrrole nitrogens is 1. The van der Waals surface area contributed by atoms with Gasteiger partial charge in [-0.15, -0.1) is 0 Å². The lowest BCUT2D eigenvalue weighted by molar-refractivity contribution is 0.266. The fraction of sp³-hybridized carbons (Fsp3) is 0.741. The Morgan fingerprint density at radius 2 is 1.84 bits per heavy atom. The van der Waals surface area contributed by atoms with Crippen LogP contribution < -0.4 is 16.0 Å². The van der Waals surface area contributed by atoms with E-state index >= 15 is 0 Å². The molecule has 0 unspecified atom stereocenters. The molecule has 0 aromatic carbocycles. The van der Waals surface area contributed by atoms with Crippen LogP contribution in [0, 0.1) is 17.8 Å². The van der Waals surface area contributed by atoms with Gasteiger partial charge in [-0.2, -0.15) is 4.98 Å². The summed E-state index contributed by atoms with van der Waals surface area (Å²) >= 11 is 0. The Morgan fingerprint density at radius 1 is 1.03 bits per heavy atom. The molecular formula is C27H40N8O2. The molecule has 3 fully saturated rings. The maximum absolute atomic E-state index is 11.7. The molecule has 6 rings (SSSR count). The van der Waals surface area contributed by atoms with Gasteiger partial charge in [0.15, 0.2) is 11.5 Å². The number of hydrogen-bond acceptors (Lipinski definition) is 8. The second-order valence-electron chi connectivity index (χ2n) is 11.8. The second kappa shape index (κ2) is 10.1. The Balaban J connectivity index is 1.48. The minimum absolute atomic E-state index is 0.231. The number of imidazole rings is 1. The Kier molecular flexibility index (Phi) is 6.67. The smallest absolute Gasteiger partial charge is 0.365 e. The van der Waals surface area contributed by atoms with Crippen molar-refractivity contribution >= 4 is 22.9 Å². The lowest BCUT2D eigenvalue weighted by atomic mass is 9.80. The van der Waals surface area contributed by atoms with Gasteiger partial charge in [-0.05, 0) is 76.5 Å². The van der Waals surface area contributed by atoms with Crippen LogP contribution in [0.3, 0.4) is 0 Å². The van der Waals surface area contributed by atoms with Crippen molar-refractivity contribution in [2.75, 3.05) is 16.8 Å². The van der Waals surface area contributed by atoms with E-state index in [2.05, 4.69) is 45.7 Å². The van der Waals surface area contributed by atoms with Gasteiger partial charge in [0.25, 0.3) is 0 Å². The molecule has 3 aliphatic rings. The van der Waals surface area contributed by atoms with Crippen molar-refractivity contribution in [3.05, 3.63) is 10.6 Å². The van der Waals surface area contributed by atoms with E-state index in [1.807, 2.05) is 0 Å². The fourth-order valence-electron chi connectivity index (χ4n) is 6.39. The molecule has 10 heteroatoms. The van der Waals surface area contributed by atoms with Gasteiger partial charge in [0, 0.05) is 25.2 Å². The zero-order valence-electron chi connectivity index (χ0n) is 22.4. The van der Waals surface area contributed by atoms with Crippen molar-refractivity contribution in [3.63, 3.8) is 0 Å². The van der Waals surface area contributed by atoms with Crippen LogP contribution in [0.5, 0.6) is 0 Å². The molecule has 0 radical (unpaired) electrons. The second-order valence-corrected chi connectivity index (χ2v) is 11.8. The van der Waals surface area contributed by atoms with Gasteiger partial charge in [0.05, 0.1) is 0 Å². The first-order valence-electron chi connectivity index (χ1n) is 14.3. The summed E-state index contributed by atoms with van der Waals surface area (Å²) in [6.45, 7) is 8.85. The molecule has 1 aliphatic heterocycles. The number of piperidine rings is 1. The molecule has 2 atom stereocenters. The molecule has 0 amide bonds. The van der Waals surface area contributed by atoms with Crippen molar-refractivity contribution in [2.45, 2.75) is 104 Å². The molecule has 200 valence electrons. The third kappa shape index (κ3) is 4.86. The number of nitrogens with zero attached hydrogens (tertiary/aromatic N) is 6. The SMILES string of the molecule is CC1CCC(Cn2c(N3CCCC[C@H]3C)nc3nc(-c4noc(=O)[nH]4)nc(N[C@H](C)C4CCC4)c32)CC1. The van der Waals surface area contributed by atoms with Crippen LogP contribution >= 0.6 is 0 Å². The maximum Gasteiger partial charge on any atom is 0.439 e. The third-order valence-corrected chi connectivity index (χ3v) is 9.09. The first-order chi connectivity index (χ1) is 18.0. The first kappa shape index (κ1) is 24.4. The molecule has 3 aromatic rings. The van der Waals surface area contributed by atoms with Crippen LogP contribution in [0.1, 0.15) is 85.0 Å². The molecule has 0 bridgehead atoms. The van der Waals surface area contributed by atoms with E-state index in [4.69, 9.17) is 19.5 Å². The molecule has 4 heterocycles. The molecule has 2 N–H and O–H groups in total. The quantitative estimate of drug-likeness (QED) is 0.459. The van der Waals surface area contributed by atoms with E-state index in [1.165, 1.54) is 64.2 Å². The van der Waals surface area contributed by atoms with E-state index in [1.54, 1.807) is 0 Å². The molecule has 10 nitrogen and oxygen atoms in total. The summed E-state index contributed by atoms with van der Waals surface area (Å²) in [7, 11) is 0. The summed E-state index contributed by atoms with van der Waals surface area (Å²) in [5.41, 5.74) is 1.61. The molecular weight excluding hydrogens is 468 g/mol. The fourth-order valence-corrected chi connectivity index (χ4v) is 6.39. The van der Waals surface area contributed by atoms with Gasteiger partial charge >= 0.3 is 5.76 Å². The van der Waals surface area contributed by atoms with Gasteiger partial charge in [-0.3, -0.25) is 9.51 Å².